The number of piperidine rings is 1. The first-order chi connectivity index (χ1) is 11.7. The van der Waals surface area contributed by atoms with Crippen molar-refractivity contribution in [2.45, 2.75) is 25.4 Å². The number of carbonyl (C=O) groups excluding carboxylic acids is 1. The van der Waals surface area contributed by atoms with Crippen LogP contribution >= 0.6 is 11.3 Å². The van der Waals surface area contributed by atoms with Gasteiger partial charge >= 0.3 is 0 Å². The molecule has 4 heterocycles. The highest BCUT2D eigenvalue weighted by molar-refractivity contribution is 7.16. The number of aromatic nitrogens is 4. The van der Waals surface area contributed by atoms with Gasteiger partial charge in [0, 0.05) is 25.5 Å². The topological polar surface area (TPSA) is 73.0 Å². The van der Waals surface area contributed by atoms with Crippen molar-refractivity contribution in [1.29, 1.82) is 0 Å². The van der Waals surface area contributed by atoms with E-state index in [1.807, 2.05) is 27.2 Å². The maximum atomic E-state index is 12.6. The van der Waals surface area contributed by atoms with Crippen LogP contribution in [0, 0.1) is 0 Å². The second kappa shape index (κ2) is 6.20. The fourth-order valence-corrected chi connectivity index (χ4v) is 3.87. The Kier molecular flexibility index (Phi) is 3.89. The Labute approximate surface area is 142 Å². The average Bonchev–Trinajstić information content (AvgIpc) is 3.29. The summed E-state index contributed by atoms with van der Waals surface area (Å²) >= 11 is 1.43. The summed E-state index contributed by atoms with van der Waals surface area (Å²) in [6.07, 6.45) is 7.09. The molecule has 1 aliphatic heterocycles. The van der Waals surface area contributed by atoms with E-state index in [0.29, 0.717) is 16.8 Å². The summed E-state index contributed by atoms with van der Waals surface area (Å²) < 4.78 is 3.31. The Morgan fingerprint density at radius 3 is 3.17 bits per heavy atom. The van der Waals surface area contributed by atoms with E-state index in [1.54, 1.807) is 12.3 Å². The van der Waals surface area contributed by atoms with Gasteiger partial charge in [-0.25, -0.2) is 4.98 Å². The zero-order chi connectivity index (χ0) is 16.5. The quantitative estimate of drug-likeness (QED) is 0.723. The zero-order valence-corrected chi connectivity index (χ0v) is 13.9. The van der Waals surface area contributed by atoms with E-state index in [0.717, 1.165) is 19.4 Å². The van der Waals surface area contributed by atoms with Gasteiger partial charge in [-0.15, -0.1) is 11.3 Å². The van der Waals surface area contributed by atoms with Gasteiger partial charge in [0.15, 0.2) is 0 Å². The van der Waals surface area contributed by atoms with Gasteiger partial charge in [0.25, 0.3) is 5.56 Å². The second-order valence-electron chi connectivity index (χ2n) is 5.94. The molecule has 0 radical (unpaired) electrons. The van der Waals surface area contributed by atoms with Crippen LogP contribution in [0.3, 0.4) is 0 Å². The maximum absolute atomic E-state index is 12.6. The van der Waals surface area contributed by atoms with Gasteiger partial charge < -0.3 is 4.90 Å². The van der Waals surface area contributed by atoms with E-state index in [1.165, 1.54) is 22.2 Å². The van der Waals surface area contributed by atoms with Crippen molar-refractivity contribution >= 4 is 27.5 Å². The maximum Gasteiger partial charge on any atom is 0.262 e. The van der Waals surface area contributed by atoms with Gasteiger partial charge in [-0.05, 0) is 30.4 Å². The van der Waals surface area contributed by atoms with Gasteiger partial charge in [-0.3, -0.25) is 18.8 Å². The lowest BCUT2D eigenvalue weighted by molar-refractivity contribution is -0.133. The van der Waals surface area contributed by atoms with Crippen molar-refractivity contribution in [3.8, 4) is 0 Å². The molecule has 1 atom stereocenters. The van der Waals surface area contributed by atoms with Crippen molar-refractivity contribution < 1.29 is 4.79 Å². The number of thiophene rings is 1. The third kappa shape index (κ3) is 2.73. The van der Waals surface area contributed by atoms with Gasteiger partial charge in [-0.1, -0.05) is 0 Å². The van der Waals surface area contributed by atoms with Crippen molar-refractivity contribution in [3.63, 3.8) is 0 Å². The van der Waals surface area contributed by atoms with E-state index in [-0.39, 0.29) is 24.1 Å². The van der Waals surface area contributed by atoms with E-state index in [4.69, 9.17) is 0 Å². The van der Waals surface area contributed by atoms with Crippen LogP contribution in [0.2, 0.25) is 0 Å². The summed E-state index contributed by atoms with van der Waals surface area (Å²) in [6, 6.07) is 3.85. The van der Waals surface area contributed by atoms with E-state index in [2.05, 4.69) is 10.1 Å². The second-order valence-corrected chi connectivity index (χ2v) is 6.83. The van der Waals surface area contributed by atoms with Gasteiger partial charge in [-0.2, -0.15) is 5.10 Å². The molecule has 1 amide bonds. The Morgan fingerprint density at radius 2 is 2.33 bits per heavy atom. The SMILES string of the molecule is O=C(Cn1cnc2sccc2c1=O)N1CCCC(n2cccn2)C1. The molecular formula is C16H17N5O2S. The molecule has 1 aliphatic rings. The summed E-state index contributed by atoms with van der Waals surface area (Å²) in [6.45, 7) is 1.38. The number of hydrogen-bond acceptors (Lipinski definition) is 5. The summed E-state index contributed by atoms with van der Waals surface area (Å²) in [5.41, 5.74) is -0.157. The summed E-state index contributed by atoms with van der Waals surface area (Å²) in [4.78, 5) is 31.8. The fraction of sp³-hybridized carbons (Fsp3) is 0.375. The molecule has 24 heavy (non-hydrogen) atoms. The van der Waals surface area contributed by atoms with E-state index >= 15 is 0 Å². The molecule has 8 heteroatoms. The molecule has 1 saturated heterocycles. The van der Waals surface area contributed by atoms with Crippen LogP contribution in [0.5, 0.6) is 0 Å². The van der Waals surface area contributed by atoms with Crippen molar-refractivity contribution in [1.82, 2.24) is 24.2 Å². The van der Waals surface area contributed by atoms with Gasteiger partial charge in [0.2, 0.25) is 5.91 Å². The van der Waals surface area contributed by atoms with Crippen molar-refractivity contribution in [2.24, 2.45) is 0 Å². The number of amides is 1. The first-order valence-corrected chi connectivity index (χ1v) is 8.80. The number of rotatable bonds is 3. The first kappa shape index (κ1) is 15.1. The molecule has 0 saturated carbocycles. The van der Waals surface area contributed by atoms with Gasteiger partial charge in [0.1, 0.15) is 11.4 Å². The lowest BCUT2D eigenvalue weighted by atomic mass is 10.1. The zero-order valence-electron chi connectivity index (χ0n) is 13.0. The molecule has 0 aliphatic carbocycles. The summed E-state index contributed by atoms with van der Waals surface area (Å²) in [7, 11) is 0. The summed E-state index contributed by atoms with van der Waals surface area (Å²) in [5, 5.41) is 6.69. The molecule has 1 unspecified atom stereocenters. The largest absolute Gasteiger partial charge is 0.339 e. The fourth-order valence-electron chi connectivity index (χ4n) is 3.15. The highest BCUT2D eigenvalue weighted by atomic mass is 32.1. The molecule has 3 aromatic rings. The number of hydrogen-bond donors (Lipinski definition) is 0. The lowest BCUT2D eigenvalue weighted by Crippen LogP contribution is -2.43. The van der Waals surface area contributed by atoms with Gasteiger partial charge in [0.05, 0.1) is 17.8 Å². The molecule has 0 spiro atoms. The van der Waals surface area contributed by atoms with Crippen LogP contribution in [0.4, 0.5) is 0 Å². The Morgan fingerprint density at radius 1 is 1.42 bits per heavy atom. The predicted molar refractivity (Wildman–Crippen MR) is 91.0 cm³/mol. The average molecular weight is 343 g/mol. The molecule has 1 fully saturated rings. The molecule has 0 N–H and O–H groups in total. The highest BCUT2D eigenvalue weighted by Gasteiger charge is 2.25. The van der Waals surface area contributed by atoms with Crippen LogP contribution < -0.4 is 5.56 Å². The lowest BCUT2D eigenvalue weighted by Gasteiger charge is -2.33. The van der Waals surface area contributed by atoms with Crippen LogP contribution in [0.15, 0.2) is 41.0 Å². The van der Waals surface area contributed by atoms with Crippen molar-refractivity contribution in [2.75, 3.05) is 13.1 Å². The third-order valence-electron chi connectivity index (χ3n) is 4.40. The molecule has 7 nitrogen and oxygen atoms in total. The van der Waals surface area contributed by atoms with Crippen LogP contribution in [0.1, 0.15) is 18.9 Å². The number of fused-ring (bicyclic) bond motifs is 1. The monoisotopic (exact) mass is 343 g/mol. The third-order valence-corrected chi connectivity index (χ3v) is 5.22. The highest BCUT2D eigenvalue weighted by Crippen LogP contribution is 2.21. The Bertz CT molecular complexity index is 914. The van der Waals surface area contributed by atoms with E-state index in [9.17, 15) is 9.59 Å². The minimum absolute atomic E-state index is 0.0312. The molecule has 124 valence electrons. The molecule has 3 aromatic heterocycles. The molecule has 0 bridgehead atoms. The first-order valence-electron chi connectivity index (χ1n) is 7.92. The molecule has 4 rings (SSSR count). The van der Waals surface area contributed by atoms with Crippen LogP contribution in [-0.4, -0.2) is 43.2 Å². The minimum atomic E-state index is -0.157. The van der Waals surface area contributed by atoms with Crippen LogP contribution in [0.25, 0.3) is 10.2 Å². The normalized spacial score (nSPS) is 18.2. The Hall–Kier alpha value is -2.48. The van der Waals surface area contributed by atoms with E-state index < -0.39 is 0 Å². The standard InChI is InChI=1S/C16H17N5O2S/c22-14(10-20-11-17-15-13(16(20)23)4-8-24-15)19-6-1-3-12(9-19)21-7-2-5-18-21/h2,4-5,7-8,11-12H,1,3,6,9-10H2. The number of nitrogens with zero attached hydrogens (tertiary/aromatic N) is 5. The minimum Gasteiger partial charge on any atom is -0.339 e. The predicted octanol–water partition coefficient (Wildman–Crippen LogP) is 1.52. The smallest absolute Gasteiger partial charge is 0.262 e. The molecular weight excluding hydrogens is 326 g/mol. The molecule has 0 aromatic carbocycles. The Balaban J connectivity index is 1.50. The number of carbonyl (C=O) groups is 1. The summed E-state index contributed by atoms with van der Waals surface area (Å²) in [5.74, 6) is -0.0506. The number of likely N-dealkylation sites (tertiary alicyclic amines) is 1. The van der Waals surface area contributed by atoms with Crippen LogP contribution in [-0.2, 0) is 11.3 Å². The van der Waals surface area contributed by atoms with Crippen molar-refractivity contribution in [3.05, 3.63) is 46.6 Å².